The van der Waals surface area contributed by atoms with Crippen LogP contribution in [0.15, 0.2) is 53.1 Å². The number of hydrogen-bond acceptors (Lipinski definition) is 1. The summed E-state index contributed by atoms with van der Waals surface area (Å²) in [6.07, 6.45) is 4.30. The third-order valence-electron chi connectivity index (χ3n) is 4.08. The van der Waals surface area contributed by atoms with E-state index in [1.807, 2.05) is 6.20 Å². The quantitative estimate of drug-likeness (QED) is 0.679. The molecule has 2 aromatic carbocycles. The number of benzene rings is 2. The molecule has 0 spiro atoms. The van der Waals surface area contributed by atoms with Crippen LogP contribution >= 0.6 is 15.9 Å². The molecule has 1 atom stereocenters. The number of halogens is 1. The molecule has 0 saturated carbocycles. The van der Waals surface area contributed by atoms with Gasteiger partial charge in [0.1, 0.15) is 0 Å². The summed E-state index contributed by atoms with van der Waals surface area (Å²) in [6, 6.07) is 15.6. The maximum Gasteiger partial charge on any atom is 0.0519 e. The molecule has 0 fully saturated rings. The Morgan fingerprint density at radius 3 is 3.00 bits per heavy atom. The molecule has 1 aliphatic rings. The van der Waals surface area contributed by atoms with Gasteiger partial charge in [0.05, 0.1) is 6.04 Å². The Bertz CT molecular complexity index is 776. The number of hydrogen-bond donors (Lipinski definition) is 2. The molecular weight excluding hydrogens is 312 g/mol. The highest BCUT2D eigenvalue weighted by atomic mass is 79.9. The van der Waals surface area contributed by atoms with Crippen LogP contribution in [0.3, 0.4) is 0 Å². The lowest BCUT2D eigenvalue weighted by Crippen LogP contribution is -2.06. The first-order valence-corrected chi connectivity index (χ1v) is 7.71. The van der Waals surface area contributed by atoms with Crippen LogP contribution in [-0.2, 0) is 6.42 Å². The summed E-state index contributed by atoms with van der Waals surface area (Å²) in [5.74, 6) is 0. The molecule has 0 saturated heterocycles. The van der Waals surface area contributed by atoms with E-state index in [9.17, 15) is 0 Å². The first-order chi connectivity index (χ1) is 9.79. The summed E-state index contributed by atoms with van der Waals surface area (Å²) >= 11 is 3.55. The average Bonchev–Trinajstić information content (AvgIpc) is 3.05. The molecule has 3 aromatic rings. The van der Waals surface area contributed by atoms with Crippen molar-refractivity contribution in [2.24, 2.45) is 0 Å². The standard InChI is InChI=1S/C17H15BrN2/c18-13-2-4-15-11(9-13)1-5-17(15)20-14-3-6-16-12(10-14)7-8-19-16/h2-4,6-10,17,19-20H,1,5H2. The Labute approximate surface area is 126 Å². The number of nitrogens with one attached hydrogen (secondary N) is 2. The van der Waals surface area contributed by atoms with Crippen LogP contribution in [0, 0.1) is 0 Å². The highest BCUT2D eigenvalue weighted by Crippen LogP contribution is 2.35. The third-order valence-corrected chi connectivity index (χ3v) is 4.57. The molecule has 2 N–H and O–H groups in total. The minimum atomic E-state index is 0.425. The van der Waals surface area contributed by atoms with Gasteiger partial charge in [-0.1, -0.05) is 22.0 Å². The van der Waals surface area contributed by atoms with E-state index < -0.39 is 0 Å². The molecule has 20 heavy (non-hydrogen) atoms. The maximum absolute atomic E-state index is 3.67. The van der Waals surface area contributed by atoms with Crippen LogP contribution in [0.5, 0.6) is 0 Å². The summed E-state index contributed by atoms with van der Waals surface area (Å²) in [5, 5.41) is 4.92. The molecule has 2 nitrogen and oxygen atoms in total. The first kappa shape index (κ1) is 12.0. The molecule has 0 bridgehead atoms. The predicted molar refractivity (Wildman–Crippen MR) is 87.1 cm³/mol. The Kier molecular flexibility index (Phi) is 2.81. The van der Waals surface area contributed by atoms with Crippen molar-refractivity contribution < 1.29 is 0 Å². The van der Waals surface area contributed by atoms with Gasteiger partial charge in [-0.2, -0.15) is 0 Å². The van der Waals surface area contributed by atoms with Crippen molar-refractivity contribution in [3.63, 3.8) is 0 Å². The van der Waals surface area contributed by atoms with Gasteiger partial charge in [-0.15, -0.1) is 0 Å². The van der Waals surface area contributed by atoms with E-state index in [0.29, 0.717) is 6.04 Å². The Morgan fingerprint density at radius 2 is 2.05 bits per heavy atom. The second-order valence-electron chi connectivity index (χ2n) is 5.36. The zero-order valence-corrected chi connectivity index (χ0v) is 12.6. The van der Waals surface area contributed by atoms with Gasteiger partial charge in [0, 0.05) is 27.3 Å². The van der Waals surface area contributed by atoms with Crippen molar-refractivity contribution in [3.05, 3.63) is 64.3 Å². The Hall–Kier alpha value is -1.74. The highest BCUT2D eigenvalue weighted by molar-refractivity contribution is 9.10. The zero-order chi connectivity index (χ0) is 13.5. The van der Waals surface area contributed by atoms with Gasteiger partial charge in [-0.3, -0.25) is 0 Å². The topological polar surface area (TPSA) is 27.8 Å². The fourth-order valence-electron chi connectivity index (χ4n) is 3.08. The van der Waals surface area contributed by atoms with E-state index in [0.717, 1.165) is 12.8 Å². The molecule has 0 radical (unpaired) electrons. The molecule has 1 unspecified atom stereocenters. The summed E-state index contributed by atoms with van der Waals surface area (Å²) < 4.78 is 1.17. The number of H-pyrrole nitrogens is 1. The first-order valence-electron chi connectivity index (χ1n) is 6.91. The van der Waals surface area contributed by atoms with E-state index in [1.165, 1.54) is 32.2 Å². The van der Waals surface area contributed by atoms with Crippen molar-refractivity contribution in [3.8, 4) is 0 Å². The van der Waals surface area contributed by atoms with Gasteiger partial charge in [-0.25, -0.2) is 0 Å². The lowest BCUT2D eigenvalue weighted by molar-refractivity contribution is 0.762. The largest absolute Gasteiger partial charge is 0.378 e. The molecule has 1 aromatic heterocycles. The molecule has 4 rings (SSSR count). The Balaban J connectivity index is 1.64. The lowest BCUT2D eigenvalue weighted by Gasteiger charge is -2.15. The normalized spacial score (nSPS) is 17.4. The Morgan fingerprint density at radius 1 is 1.10 bits per heavy atom. The minimum absolute atomic E-state index is 0.425. The lowest BCUT2D eigenvalue weighted by atomic mass is 10.1. The third kappa shape index (κ3) is 2.02. The molecular formula is C17H15BrN2. The average molecular weight is 327 g/mol. The van der Waals surface area contributed by atoms with Crippen molar-refractivity contribution in [1.29, 1.82) is 0 Å². The van der Waals surface area contributed by atoms with Gasteiger partial charge in [0.15, 0.2) is 0 Å². The number of fused-ring (bicyclic) bond motifs is 2. The van der Waals surface area contributed by atoms with E-state index in [2.05, 4.69) is 68.7 Å². The van der Waals surface area contributed by atoms with E-state index >= 15 is 0 Å². The maximum atomic E-state index is 3.67. The van der Waals surface area contributed by atoms with Crippen LogP contribution < -0.4 is 5.32 Å². The molecule has 100 valence electrons. The second kappa shape index (κ2) is 4.67. The summed E-state index contributed by atoms with van der Waals surface area (Å²) in [4.78, 5) is 3.23. The number of aromatic nitrogens is 1. The fourth-order valence-corrected chi connectivity index (χ4v) is 3.49. The molecule has 3 heteroatoms. The molecule has 0 aliphatic heterocycles. The van der Waals surface area contributed by atoms with Gasteiger partial charge < -0.3 is 10.3 Å². The van der Waals surface area contributed by atoms with Crippen LogP contribution in [0.1, 0.15) is 23.6 Å². The molecule has 0 amide bonds. The van der Waals surface area contributed by atoms with E-state index in [1.54, 1.807) is 0 Å². The van der Waals surface area contributed by atoms with Crippen molar-refractivity contribution in [1.82, 2.24) is 4.98 Å². The highest BCUT2D eigenvalue weighted by Gasteiger charge is 2.22. The summed E-state index contributed by atoms with van der Waals surface area (Å²) in [7, 11) is 0. The van der Waals surface area contributed by atoms with E-state index in [4.69, 9.17) is 0 Å². The SMILES string of the molecule is Brc1ccc2c(c1)CCC2Nc1ccc2[nH]ccc2c1. The van der Waals surface area contributed by atoms with Crippen LogP contribution in [0.4, 0.5) is 5.69 Å². The number of aromatic amines is 1. The molecule has 1 heterocycles. The van der Waals surface area contributed by atoms with Gasteiger partial charge in [0.25, 0.3) is 0 Å². The van der Waals surface area contributed by atoms with E-state index in [-0.39, 0.29) is 0 Å². The number of rotatable bonds is 2. The fraction of sp³-hybridized carbons (Fsp3) is 0.176. The van der Waals surface area contributed by atoms with Gasteiger partial charge in [0.2, 0.25) is 0 Å². The van der Waals surface area contributed by atoms with Crippen molar-refractivity contribution in [2.75, 3.05) is 5.32 Å². The monoisotopic (exact) mass is 326 g/mol. The van der Waals surface area contributed by atoms with Crippen LogP contribution in [0.25, 0.3) is 10.9 Å². The number of aryl methyl sites for hydroxylation is 1. The smallest absolute Gasteiger partial charge is 0.0519 e. The predicted octanol–water partition coefficient (Wildman–Crippen LogP) is 5.03. The summed E-state index contributed by atoms with van der Waals surface area (Å²) in [6.45, 7) is 0. The zero-order valence-electron chi connectivity index (χ0n) is 11.0. The van der Waals surface area contributed by atoms with Crippen molar-refractivity contribution in [2.45, 2.75) is 18.9 Å². The van der Waals surface area contributed by atoms with Crippen LogP contribution in [0.2, 0.25) is 0 Å². The van der Waals surface area contributed by atoms with Gasteiger partial charge >= 0.3 is 0 Å². The van der Waals surface area contributed by atoms with Crippen LogP contribution in [-0.4, -0.2) is 4.98 Å². The van der Waals surface area contributed by atoms with Gasteiger partial charge in [-0.05, 0) is 60.4 Å². The van der Waals surface area contributed by atoms with Crippen molar-refractivity contribution >= 4 is 32.5 Å². The second-order valence-corrected chi connectivity index (χ2v) is 6.27. The number of anilines is 1. The minimum Gasteiger partial charge on any atom is -0.378 e. The molecule has 1 aliphatic carbocycles. The summed E-state index contributed by atoms with van der Waals surface area (Å²) in [5.41, 5.74) is 5.27.